The summed E-state index contributed by atoms with van der Waals surface area (Å²) in [5, 5.41) is 4.50. The molecule has 1 aliphatic carbocycles. The van der Waals surface area contributed by atoms with E-state index < -0.39 is 0 Å². The zero-order valence-corrected chi connectivity index (χ0v) is 12.9. The van der Waals surface area contributed by atoms with Crippen molar-refractivity contribution in [2.24, 2.45) is 0 Å². The molecule has 0 saturated carbocycles. The molecule has 2 unspecified atom stereocenters. The van der Waals surface area contributed by atoms with Gasteiger partial charge in [-0.25, -0.2) is 0 Å². The summed E-state index contributed by atoms with van der Waals surface area (Å²) in [6.07, 6.45) is 4.53. The molecular formula is C18H22N2O2. The van der Waals surface area contributed by atoms with Gasteiger partial charge in [-0.3, -0.25) is 4.79 Å². The Labute approximate surface area is 130 Å². The maximum Gasteiger partial charge on any atom is 0.249 e. The highest BCUT2D eigenvalue weighted by Crippen LogP contribution is 2.30. The molecule has 4 rings (SSSR count). The molecule has 1 amide bonds. The largest absolute Gasteiger partial charge is 0.368 e. The lowest BCUT2D eigenvalue weighted by Crippen LogP contribution is -2.43. The molecule has 2 aliphatic rings. The van der Waals surface area contributed by atoms with Crippen LogP contribution in [0.1, 0.15) is 36.1 Å². The average molecular weight is 298 g/mol. The first kappa shape index (κ1) is 13.8. The highest BCUT2D eigenvalue weighted by atomic mass is 16.5. The molecule has 1 aromatic carbocycles. The van der Waals surface area contributed by atoms with Crippen molar-refractivity contribution in [3.05, 3.63) is 35.0 Å². The predicted molar refractivity (Wildman–Crippen MR) is 86.0 cm³/mol. The number of amides is 1. The van der Waals surface area contributed by atoms with Crippen LogP contribution in [-0.4, -0.2) is 29.6 Å². The number of carbonyl (C=O) groups is 1. The maximum absolute atomic E-state index is 12.2. The van der Waals surface area contributed by atoms with E-state index in [-0.39, 0.29) is 18.1 Å². The first-order valence-corrected chi connectivity index (χ1v) is 8.23. The first-order chi connectivity index (χ1) is 10.7. The summed E-state index contributed by atoms with van der Waals surface area (Å²) < 4.78 is 5.48. The lowest BCUT2D eigenvalue weighted by atomic mass is 9.91. The van der Waals surface area contributed by atoms with E-state index in [4.69, 9.17) is 4.74 Å². The number of rotatable bonds is 2. The van der Waals surface area contributed by atoms with Gasteiger partial charge >= 0.3 is 0 Å². The van der Waals surface area contributed by atoms with E-state index >= 15 is 0 Å². The van der Waals surface area contributed by atoms with E-state index in [1.165, 1.54) is 27.7 Å². The number of fused-ring (bicyclic) bond motifs is 3. The predicted octanol–water partition coefficient (Wildman–Crippen LogP) is 2.63. The molecular weight excluding hydrogens is 276 g/mol. The molecule has 0 radical (unpaired) electrons. The molecule has 2 atom stereocenters. The van der Waals surface area contributed by atoms with Crippen LogP contribution in [0.4, 0.5) is 0 Å². The Kier molecular flexibility index (Phi) is 3.41. The molecule has 1 aromatic heterocycles. The van der Waals surface area contributed by atoms with E-state index in [1.807, 2.05) is 0 Å². The Morgan fingerprint density at radius 1 is 1.36 bits per heavy atom. The summed E-state index contributed by atoms with van der Waals surface area (Å²) in [7, 11) is 0. The number of carbonyl (C=O) groups excluding carboxylic acids is 1. The lowest BCUT2D eigenvalue weighted by molar-refractivity contribution is -0.130. The van der Waals surface area contributed by atoms with Crippen LogP contribution in [0.25, 0.3) is 10.9 Å². The van der Waals surface area contributed by atoms with Crippen LogP contribution in [0.15, 0.2) is 18.2 Å². The van der Waals surface area contributed by atoms with Gasteiger partial charge in [0.15, 0.2) is 0 Å². The normalized spacial score (nSPS) is 24.4. The second kappa shape index (κ2) is 5.43. The number of ether oxygens (including phenoxy) is 1. The summed E-state index contributed by atoms with van der Waals surface area (Å²) in [5.74, 6) is 0.0713. The van der Waals surface area contributed by atoms with Gasteiger partial charge < -0.3 is 15.0 Å². The summed E-state index contributed by atoms with van der Waals surface area (Å²) in [6.45, 7) is 2.84. The molecule has 4 nitrogen and oxygen atoms in total. The van der Waals surface area contributed by atoms with E-state index in [2.05, 4.69) is 35.4 Å². The van der Waals surface area contributed by atoms with Gasteiger partial charge in [0.05, 0.1) is 0 Å². The standard InChI is InChI=1S/C18H22N2O2/c1-11-4-6-15-13(9-11)14-10-12(5-7-16(14)20-15)19-18(21)17-3-2-8-22-17/h4,6,9,12,17,20H,2-3,5,7-8,10H2,1H3,(H,19,21). The smallest absolute Gasteiger partial charge is 0.249 e. The third-order valence-corrected chi connectivity index (χ3v) is 4.91. The van der Waals surface area contributed by atoms with E-state index in [9.17, 15) is 4.79 Å². The zero-order chi connectivity index (χ0) is 15.1. The third kappa shape index (κ3) is 2.41. The fraction of sp³-hybridized carbons (Fsp3) is 0.500. The summed E-state index contributed by atoms with van der Waals surface area (Å²) >= 11 is 0. The van der Waals surface area contributed by atoms with Gasteiger partial charge in [0.2, 0.25) is 5.91 Å². The van der Waals surface area contributed by atoms with Crippen molar-refractivity contribution in [1.82, 2.24) is 10.3 Å². The van der Waals surface area contributed by atoms with Gasteiger partial charge in [0.1, 0.15) is 6.10 Å². The fourth-order valence-electron chi connectivity index (χ4n) is 3.73. The van der Waals surface area contributed by atoms with Gasteiger partial charge in [-0.05, 0) is 56.7 Å². The summed E-state index contributed by atoms with van der Waals surface area (Å²) in [6, 6.07) is 6.77. The maximum atomic E-state index is 12.2. The average Bonchev–Trinajstić information content (AvgIpc) is 3.14. The molecule has 0 spiro atoms. The molecule has 2 aromatic rings. The minimum absolute atomic E-state index is 0.0713. The van der Waals surface area contributed by atoms with Crippen LogP contribution in [0.2, 0.25) is 0 Å². The van der Waals surface area contributed by atoms with Crippen molar-refractivity contribution in [3.8, 4) is 0 Å². The highest BCUT2D eigenvalue weighted by Gasteiger charge is 2.28. The second-order valence-electron chi connectivity index (χ2n) is 6.58. The molecule has 1 fully saturated rings. The Bertz CT molecular complexity index is 713. The van der Waals surface area contributed by atoms with E-state index in [1.54, 1.807) is 0 Å². The van der Waals surface area contributed by atoms with E-state index in [0.717, 1.165) is 32.1 Å². The van der Waals surface area contributed by atoms with Crippen LogP contribution < -0.4 is 5.32 Å². The van der Waals surface area contributed by atoms with Crippen molar-refractivity contribution in [1.29, 1.82) is 0 Å². The number of aromatic nitrogens is 1. The molecule has 4 heteroatoms. The van der Waals surface area contributed by atoms with Gasteiger partial charge in [-0.1, -0.05) is 11.6 Å². The Morgan fingerprint density at radius 2 is 2.27 bits per heavy atom. The minimum Gasteiger partial charge on any atom is -0.368 e. The SMILES string of the molecule is Cc1ccc2[nH]c3c(c2c1)CC(NC(=O)C1CCCO1)CC3. The molecule has 1 aliphatic heterocycles. The topological polar surface area (TPSA) is 54.1 Å². The number of hydrogen-bond donors (Lipinski definition) is 2. The van der Waals surface area contributed by atoms with Crippen molar-refractivity contribution >= 4 is 16.8 Å². The first-order valence-electron chi connectivity index (χ1n) is 8.23. The molecule has 22 heavy (non-hydrogen) atoms. The number of aromatic amines is 1. The van der Waals surface area contributed by atoms with Crippen LogP contribution in [0.5, 0.6) is 0 Å². The van der Waals surface area contributed by atoms with Gasteiger partial charge in [0.25, 0.3) is 0 Å². The van der Waals surface area contributed by atoms with Crippen LogP contribution in [-0.2, 0) is 22.4 Å². The quantitative estimate of drug-likeness (QED) is 0.895. The van der Waals surface area contributed by atoms with Crippen LogP contribution in [0, 0.1) is 6.92 Å². The van der Waals surface area contributed by atoms with Gasteiger partial charge in [-0.15, -0.1) is 0 Å². The number of nitrogens with one attached hydrogen (secondary N) is 2. The molecule has 0 bridgehead atoms. The Morgan fingerprint density at radius 3 is 3.09 bits per heavy atom. The molecule has 116 valence electrons. The van der Waals surface area contributed by atoms with Crippen molar-refractivity contribution < 1.29 is 9.53 Å². The van der Waals surface area contributed by atoms with Crippen molar-refractivity contribution in [3.63, 3.8) is 0 Å². The fourth-order valence-corrected chi connectivity index (χ4v) is 3.73. The molecule has 2 N–H and O–H groups in total. The number of benzene rings is 1. The Balaban J connectivity index is 1.54. The molecule has 2 heterocycles. The second-order valence-corrected chi connectivity index (χ2v) is 6.58. The Hall–Kier alpha value is -1.81. The van der Waals surface area contributed by atoms with Gasteiger partial charge in [-0.2, -0.15) is 0 Å². The number of H-pyrrole nitrogens is 1. The number of hydrogen-bond acceptors (Lipinski definition) is 2. The van der Waals surface area contributed by atoms with Crippen molar-refractivity contribution in [2.75, 3.05) is 6.61 Å². The van der Waals surface area contributed by atoms with E-state index in [0.29, 0.717) is 6.61 Å². The number of aryl methyl sites for hydroxylation is 2. The van der Waals surface area contributed by atoms with Gasteiger partial charge in [0, 0.05) is 29.2 Å². The third-order valence-electron chi connectivity index (χ3n) is 4.91. The van der Waals surface area contributed by atoms with Crippen molar-refractivity contribution in [2.45, 2.75) is 51.2 Å². The highest BCUT2D eigenvalue weighted by molar-refractivity contribution is 5.86. The minimum atomic E-state index is -0.230. The zero-order valence-electron chi connectivity index (χ0n) is 12.9. The van der Waals surface area contributed by atoms with Crippen LogP contribution >= 0.6 is 0 Å². The molecule has 1 saturated heterocycles. The summed E-state index contributed by atoms with van der Waals surface area (Å²) in [5.41, 5.74) is 5.20. The lowest BCUT2D eigenvalue weighted by Gasteiger charge is -2.25. The monoisotopic (exact) mass is 298 g/mol. The summed E-state index contributed by atoms with van der Waals surface area (Å²) in [4.78, 5) is 15.8. The van der Waals surface area contributed by atoms with Crippen LogP contribution in [0.3, 0.4) is 0 Å².